The SMILES string of the molecule is CCN(CC)CCNC(=NC)NCc1ccccc1OCC1CC1. The zero-order chi connectivity index (χ0) is 17.2. The highest BCUT2D eigenvalue weighted by Gasteiger charge is 2.22. The molecule has 0 unspecified atom stereocenters. The Morgan fingerprint density at radius 2 is 1.96 bits per heavy atom. The fourth-order valence-corrected chi connectivity index (χ4v) is 2.55. The molecule has 0 heterocycles. The van der Waals surface area contributed by atoms with Crippen LogP contribution in [0.3, 0.4) is 0 Å². The number of guanidine groups is 1. The number of aliphatic imine (C=N–C) groups is 1. The van der Waals surface area contributed by atoms with E-state index < -0.39 is 0 Å². The average Bonchev–Trinajstić information content (AvgIpc) is 3.44. The summed E-state index contributed by atoms with van der Waals surface area (Å²) in [5, 5.41) is 6.75. The number of nitrogens with zero attached hydrogens (tertiary/aromatic N) is 2. The van der Waals surface area contributed by atoms with E-state index in [1.54, 1.807) is 0 Å². The van der Waals surface area contributed by atoms with Crippen molar-refractivity contribution in [3.05, 3.63) is 29.8 Å². The summed E-state index contributed by atoms with van der Waals surface area (Å²) in [6.07, 6.45) is 2.62. The topological polar surface area (TPSA) is 48.9 Å². The number of benzene rings is 1. The van der Waals surface area contributed by atoms with Crippen LogP contribution in [0.1, 0.15) is 32.3 Å². The quantitative estimate of drug-likeness (QED) is 0.510. The van der Waals surface area contributed by atoms with E-state index in [4.69, 9.17) is 4.74 Å². The van der Waals surface area contributed by atoms with Crippen LogP contribution in [-0.4, -0.2) is 50.7 Å². The third kappa shape index (κ3) is 6.40. The van der Waals surface area contributed by atoms with Crippen molar-refractivity contribution < 1.29 is 4.74 Å². The van der Waals surface area contributed by atoms with E-state index in [9.17, 15) is 0 Å². The Kier molecular flexibility index (Phi) is 7.89. The molecule has 2 N–H and O–H groups in total. The van der Waals surface area contributed by atoms with Crippen LogP contribution in [0.4, 0.5) is 0 Å². The Bertz CT molecular complexity index is 510. The molecule has 5 nitrogen and oxygen atoms in total. The van der Waals surface area contributed by atoms with Crippen molar-refractivity contribution in [1.82, 2.24) is 15.5 Å². The molecule has 1 saturated carbocycles. The molecule has 0 spiro atoms. The Labute approximate surface area is 146 Å². The molecule has 1 aromatic carbocycles. The smallest absolute Gasteiger partial charge is 0.191 e. The molecule has 24 heavy (non-hydrogen) atoms. The molecule has 1 aromatic rings. The van der Waals surface area contributed by atoms with Crippen molar-refractivity contribution in [2.24, 2.45) is 10.9 Å². The molecule has 2 rings (SSSR count). The maximum Gasteiger partial charge on any atom is 0.191 e. The summed E-state index contributed by atoms with van der Waals surface area (Å²) in [7, 11) is 1.81. The van der Waals surface area contributed by atoms with Gasteiger partial charge in [0.05, 0.1) is 6.61 Å². The maximum absolute atomic E-state index is 5.96. The van der Waals surface area contributed by atoms with E-state index >= 15 is 0 Å². The molecule has 134 valence electrons. The lowest BCUT2D eigenvalue weighted by Gasteiger charge is -2.19. The second-order valence-electron chi connectivity index (χ2n) is 6.24. The lowest BCUT2D eigenvalue weighted by atomic mass is 10.2. The summed E-state index contributed by atoms with van der Waals surface area (Å²) < 4.78 is 5.96. The van der Waals surface area contributed by atoms with Crippen LogP contribution in [0, 0.1) is 5.92 Å². The molecular weight excluding hydrogens is 300 g/mol. The monoisotopic (exact) mass is 332 g/mol. The molecule has 0 amide bonds. The minimum Gasteiger partial charge on any atom is -0.493 e. The lowest BCUT2D eigenvalue weighted by Crippen LogP contribution is -2.41. The minimum atomic E-state index is 0.714. The zero-order valence-electron chi connectivity index (χ0n) is 15.3. The van der Waals surface area contributed by atoms with Crippen molar-refractivity contribution in [2.45, 2.75) is 33.2 Å². The fourth-order valence-electron chi connectivity index (χ4n) is 2.55. The van der Waals surface area contributed by atoms with E-state index in [2.05, 4.69) is 52.6 Å². The number of rotatable bonds is 10. The Balaban J connectivity index is 1.77. The van der Waals surface area contributed by atoms with Gasteiger partial charge < -0.3 is 20.3 Å². The minimum absolute atomic E-state index is 0.714. The van der Waals surface area contributed by atoms with Crippen molar-refractivity contribution >= 4 is 5.96 Å². The van der Waals surface area contributed by atoms with E-state index in [0.29, 0.717) is 6.54 Å². The molecule has 0 aromatic heterocycles. The van der Waals surface area contributed by atoms with E-state index in [-0.39, 0.29) is 0 Å². The summed E-state index contributed by atoms with van der Waals surface area (Å²) in [6.45, 7) is 10.0. The van der Waals surface area contributed by atoms with Gasteiger partial charge in [0, 0.05) is 32.2 Å². The van der Waals surface area contributed by atoms with Crippen LogP contribution in [-0.2, 0) is 6.54 Å². The van der Waals surface area contributed by atoms with Gasteiger partial charge >= 0.3 is 0 Å². The largest absolute Gasteiger partial charge is 0.493 e. The molecule has 5 heteroatoms. The van der Waals surface area contributed by atoms with Crippen molar-refractivity contribution in [3.63, 3.8) is 0 Å². The summed E-state index contributed by atoms with van der Waals surface area (Å²) in [5.74, 6) is 2.58. The first-order chi connectivity index (χ1) is 11.8. The van der Waals surface area contributed by atoms with Gasteiger partial charge in [0.15, 0.2) is 5.96 Å². The Hall–Kier alpha value is -1.75. The fraction of sp³-hybridized carbons (Fsp3) is 0.632. The van der Waals surface area contributed by atoms with Gasteiger partial charge in [0.2, 0.25) is 0 Å². The zero-order valence-corrected chi connectivity index (χ0v) is 15.3. The van der Waals surface area contributed by atoms with Crippen LogP contribution < -0.4 is 15.4 Å². The van der Waals surface area contributed by atoms with Crippen molar-refractivity contribution in [1.29, 1.82) is 0 Å². The number of para-hydroxylation sites is 1. The van der Waals surface area contributed by atoms with E-state index in [1.165, 1.54) is 18.4 Å². The number of hydrogen-bond donors (Lipinski definition) is 2. The molecule has 0 aliphatic heterocycles. The van der Waals surface area contributed by atoms with Crippen LogP contribution in [0.25, 0.3) is 0 Å². The second kappa shape index (κ2) is 10.2. The maximum atomic E-state index is 5.96. The molecule has 1 aliphatic rings. The first kappa shape index (κ1) is 18.6. The molecule has 1 fully saturated rings. The van der Waals surface area contributed by atoms with E-state index in [1.807, 2.05) is 13.1 Å². The lowest BCUT2D eigenvalue weighted by molar-refractivity contribution is 0.296. The molecule has 0 atom stereocenters. The summed E-state index contributed by atoms with van der Waals surface area (Å²) in [5.41, 5.74) is 1.17. The predicted molar refractivity (Wildman–Crippen MR) is 101 cm³/mol. The molecule has 0 saturated heterocycles. The summed E-state index contributed by atoms with van der Waals surface area (Å²) in [6, 6.07) is 8.24. The van der Waals surface area contributed by atoms with Crippen LogP contribution in [0.15, 0.2) is 29.3 Å². The number of hydrogen-bond acceptors (Lipinski definition) is 3. The molecular formula is C19H32N4O. The Morgan fingerprint density at radius 1 is 1.21 bits per heavy atom. The van der Waals surface area contributed by atoms with Crippen LogP contribution in [0.5, 0.6) is 5.75 Å². The molecule has 1 aliphatic carbocycles. The van der Waals surface area contributed by atoms with Gasteiger partial charge in [-0.15, -0.1) is 0 Å². The van der Waals surface area contributed by atoms with Crippen LogP contribution in [0.2, 0.25) is 0 Å². The number of nitrogens with one attached hydrogen (secondary N) is 2. The highest BCUT2D eigenvalue weighted by Crippen LogP contribution is 2.30. The highest BCUT2D eigenvalue weighted by molar-refractivity contribution is 5.79. The normalized spacial score (nSPS) is 14.8. The van der Waals surface area contributed by atoms with Gasteiger partial charge in [-0.1, -0.05) is 32.0 Å². The van der Waals surface area contributed by atoms with Crippen molar-refractivity contribution in [3.8, 4) is 5.75 Å². The second-order valence-corrected chi connectivity index (χ2v) is 6.24. The highest BCUT2D eigenvalue weighted by atomic mass is 16.5. The van der Waals surface area contributed by atoms with Gasteiger partial charge in [-0.05, 0) is 37.9 Å². The Morgan fingerprint density at radius 3 is 2.62 bits per heavy atom. The summed E-state index contributed by atoms with van der Waals surface area (Å²) in [4.78, 5) is 6.69. The van der Waals surface area contributed by atoms with Gasteiger partial charge in [-0.25, -0.2) is 0 Å². The standard InChI is InChI=1S/C19H32N4O/c1-4-23(5-2)13-12-21-19(20-3)22-14-17-8-6-7-9-18(17)24-15-16-10-11-16/h6-9,16H,4-5,10-15H2,1-3H3,(H2,20,21,22). The van der Waals surface area contributed by atoms with E-state index in [0.717, 1.165) is 50.4 Å². The van der Waals surface area contributed by atoms with Crippen molar-refractivity contribution in [2.75, 3.05) is 39.8 Å². The molecule has 0 radical (unpaired) electrons. The molecule has 0 bridgehead atoms. The summed E-state index contributed by atoms with van der Waals surface area (Å²) >= 11 is 0. The van der Waals surface area contributed by atoms with Gasteiger partial charge in [0.25, 0.3) is 0 Å². The first-order valence-electron chi connectivity index (χ1n) is 9.14. The van der Waals surface area contributed by atoms with Gasteiger partial charge in [-0.2, -0.15) is 0 Å². The van der Waals surface area contributed by atoms with Crippen LogP contribution >= 0.6 is 0 Å². The predicted octanol–water partition coefficient (Wildman–Crippen LogP) is 2.48. The number of ether oxygens (including phenoxy) is 1. The van der Waals surface area contributed by atoms with Gasteiger partial charge in [-0.3, -0.25) is 4.99 Å². The third-order valence-electron chi connectivity index (χ3n) is 4.43. The third-order valence-corrected chi connectivity index (χ3v) is 4.43. The number of likely N-dealkylation sites (N-methyl/N-ethyl adjacent to an activating group) is 1. The van der Waals surface area contributed by atoms with Gasteiger partial charge in [0.1, 0.15) is 5.75 Å². The first-order valence-corrected chi connectivity index (χ1v) is 9.14. The average molecular weight is 332 g/mol.